The number of nitrogens with zero attached hydrogens (tertiary/aromatic N) is 2. The van der Waals surface area contributed by atoms with Gasteiger partial charge in [-0.25, -0.2) is 13.4 Å². The van der Waals surface area contributed by atoms with Crippen molar-refractivity contribution in [1.29, 1.82) is 0 Å². The highest BCUT2D eigenvalue weighted by Gasteiger charge is 2.28. The zero-order chi connectivity index (χ0) is 16.7. The predicted molar refractivity (Wildman–Crippen MR) is 101 cm³/mol. The van der Waals surface area contributed by atoms with Gasteiger partial charge in [-0.05, 0) is 42.5 Å². The van der Waals surface area contributed by atoms with Gasteiger partial charge in [0.15, 0.2) is 0 Å². The second-order valence-corrected chi connectivity index (χ2v) is 9.57. The Hall–Kier alpha value is -1.70. The van der Waals surface area contributed by atoms with Crippen molar-refractivity contribution in [2.45, 2.75) is 13.3 Å². The van der Waals surface area contributed by atoms with Crippen LogP contribution in [0.25, 0.3) is 21.1 Å². The lowest BCUT2D eigenvalue weighted by Crippen LogP contribution is -2.30. The van der Waals surface area contributed by atoms with Crippen molar-refractivity contribution in [2.75, 3.05) is 16.6 Å². The first-order chi connectivity index (χ1) is 11.6. The van der Waals surface area contributed by atoms with Crippen LogP contribution in [-0.4, -0.2) is 25.7 Å². The van der Waals surface area contributed by atoms with Crippen LogP contribution in [0, 0.1) is 0 Å². The van der Waals surface area contributed by atoms with Crippen LogP contribution in [0.15, 0.2) is 41.1 Å². The molecule has 3 aromatic rings. The smallest absolute Gasteiger partial charge is 0.234 e. The van der Waals surface area contributed by atoms with Crippen LogP contribution in [-0.2, 0) is 16.4 Å². The number of thiophene rings is 1. The highest BCUT2D eigenvalue weighted by Crippen LogP contribution is 2.36. The molecule has 24 heavy (non-hydrogen) atoms. The molecule has 7 heteroatoms. The Morgan fingerprint density at radius 2 is 2.12 bits per heavy atom. The highest BCUT2D eigenvalue weighted by molar-refractivity contribution is 7.92. The summed E-state index contributed by atoms with van der Waals surface area (Å²) < 4.78 is 25.9. The summed E-state index contributed by atoms with van der Waals surface area (Å²) in [4.78, 5) is 5.90. The molecule has 1 aliphatic heterocycles. The lowest BCUT2D eigenvalue weighted by Gasteiger charge is -2.18. The fourth-order valence-electron chi connectivity index (χ4n) is 2.90. The Kier molecular flexibility index (Phi) is 3.94. The summed E-state index contributed by atoms with van der Waals surface area (Å²) in [6, 6.07) is 10.1. The summed E-state index contributed by atoms with van der Waals surface area (Å²) in [5, 5.41) is 5.14. The molecule has 0 spiro atoms. The van der Waals surface area contributed by atoms with Gasteiger partial charge in [0.05, 0.1) is 22.0 Å². The number of fused-ring (bicyclic) bond motifs is 1. The molecular weight excluding hydrogens is 360 g/mol. The molecule has 0 fully saturated rings. The number of aromatic nitrogens is 1. The summed E-state index contributed by atoms with van der Waals surface area (Å²) in [6.45, 7) is 2.22. The number of rotatable bonds is 4. The van der Waals surface area contributed by atoms with E-state index in [-0.39, 0.29) is 5.75 Å². The fraction of sp³-hybridized carbons (Fsp3) is 0.235. The van der Waals surface area contributed by atoms with E-state index in [1.165, 1.54) is 9.18 Å². The molecule has 0 saturated carbocycles. The zero-order valence-electron chi connectivity index (χ0n) is 13.1. The lowest BCUT2D eigenvalue weighted by atomic mass is 10.1. The normalized spacial score (nSPS) is 14.1. The van der Waals surface area contributed by atoms with Crippen LogP contribution >= 0.6 is 22.7 Å². The molecule has 1 aromatic carbocycles. The van der Waals surface area contributed by atoms with E-state index in [0.29, 0.717) is 6.54 Å². The Balaban J connectivity index is 1.68. The van der Waals surface area contributed by atoms with E-state index >= 15 is 0 Å². The average molecular weight is 377 g/mol. The topological polar surface area (TPSA) is 50.3 Å². The Bertz CT molecular complexity index is 975. The highest BCUT2D eigenvalue weighted by atomic mass is 32.2. The number of thiazole rings is 1. The molecule has 0 N–H and O–H groups in total. The Morgan fingerprint density at radius 3 is 2.88 bits per heavy atom. The molecule has 4 rings (SSSR count). The number of hydrogen-bond acceptors (Lipinski definition) is 5. The number of anilines is 1. The summed E-state index contributed by atoms with van der Waals surface area (Å²) in [5.74, 6) is 0.129. The molecule has 3 heterocycles. The number of hydrogen-bond donors (Lipinski definition) is 0. The SMILES string of the molecule is CCS(=O)(=O)N1CCc2cc(-c3csc(-c4cccs4)n3)ccc21. The van der Waals surface area contributed by atoms with Crippen LogP contribution in [0.3, 0.4) is 0 Å². The number of benzene rings is 1. The molecule has 2 aromatic heterocycles. The van der Waals surface area contributed by atoms with Gasteiger partial charge in [-0.1, -0.05) is 12.1 Å². The zero-order valence-corrected chi connectivity index (χ0v) is 15.5. The molecule has 0 amide bonds. The van der Waals surface area contributed by atoms with Gasteiger partial charge in [0.25, 0.3) is 0 Å². The van der Waals surface area contributed by atoms with Crippen LogP contribution in [0.1, 0.15) is 12.5 Å². The second-order valence-electron chi connectivity index (χ2n) is 5.58. The van der Waals surface area contributed by atoms with Crippen molar-refractivity contribution >= 4 is 38.4 Å². The van der Waals surface area contributed by atoms with Gasteiger partial charge < -0.3 is 0 Å². The van der Waals surface area contributed by atoms with E-state index in [0.717, 1.165) is 33.9 Å². The molecule has 0 radical (unpaired) electrons. The third-order valence-electron chi connectivity index (χ3n) is 4.16. The minimum absolute atomic E-state index is 0.129. The molecule has 0 atom stereocenters. The Morgan fingerprint density at radius 1 is 1.25 bits per heavy atom. The summed E-state index contributed by atoms with van der Waals surface area (Å²) in [6.07, 6.45) is 0.754. The van der Waals surface area contributed by atoms with Crippen molar-refractivity contribution < 1.29 is 8.42 Å². The summed E-state index contributed by atoms with van der Waals surface area (Å²) in [5.41, 5.74) is 3.89. The second kappa shape index (κ2) is 5.98. The molecule has 0 saturated heterocycles. The molecule has 0 unspecified atom stereocenters. The van der Waals surface area contributed by atoms with Gasteiger partial charge >= 0.3 is 0 Å². The lowest BCUT2D eigenvalue weighted by molar-refractivity contribution is 0.593. The average Bonchev–Trinajstić information content (AvgIpc) is 3.32. The van der Waals surface area contributed by atoms with E-state index in [2.05, 4.69) is 22.9 Å². The van der Waals surface area contributed by atoms with Crippen LogP contribution in [0.5, 0.6) is 0 Å². The molecule has 1 aliphatic rings. The van der Waals surface area contributed by atoms with Crippen LogP contribution in [0.2, 0.25) is 0 Å². The summed E-state index contributed by atoms with van der Waals surface area (Å²) >= 11 is 3.32. The van der Waals surface area contributed by atoms with E-state index < -0.39 is 10.0 Å². The van der Waals surface area contributed by atoms with E-state index in [4.69, 9.17) is 4.98 Å². The van der Waals surface area contributed by atoms with Gasteiger partial charge in [0.2, 0.25) is 10.0 Å². The third-order valence-corrected chi connectivity index (χ3v) is 7.83. The molecule has 0 aliphatic carbocycles. The van der Waals surface area contributed by atoms with Crippen molar-refractivity contribution in [3.8, 4) is 21.1 Å². The van der Waals surface area contributed by atoms with Crippen LogP contribution < -0.4 is 4.31 Å². The Labute approximate surface area is 149 Å². The minimum Gasteiger partial charge on any atom is -0.270 e. The van der Waals surface area contributed by atoms with Gasteiger partial charge in [-0.15, -0.1) is 22.7 Å². The van der Waals surface area contributed by atoms with Crippen molar-refractivity contribution in [3.63, 3.8) is 0 Å². The first-order valence-corrected chi connectivity index (χ1v) is 11.1. The third kappa shape index (κ3) is 2.66. The summed E-state index contributed by atoms with van der Waals surface area (Å²) in [7, 11) is -3.19. The van der Waals surface area contributed by atoms with E-state index in [9.17, 15) is 8.42 Å². The molecule has 124 valence electrons. The monoisotopic (exact) mass is 376 g/mol. The molecule has 4 nitrogen and oxygen atoms in total. The van der Waals surface area contributed by atoms with Crippen molar-refractivity contribution in [1.82, 2.24) is 4.98 Å². The minimum atomic E-state index is -3.19. The van der Waals surface area contributed by atoms with Gasteiger partial charge in [-0.3, -0.25) is 4.31 Å². The molecular formula is C17H16N2O2S3. The molecule has 0 bridgehead atoms. The fourth-order valence-corrected chi connectivity index (χ4v) is 5.70. The maximum Gasteiger partial charge on any atom is 0.234 e. The largest absolute Gasteiger partial charge is 0.270 e. The van der Waals surface area contributed by atoms with Crippen molar-refractivity contribution in [2.24, 2.45) is 0 Å². The van der Waals surface area contributed by atoms with Crippen LogP contribution in [0.4, 0.5) is 5.69 Å². The van der Waals surface area contributed by atoms with Gasteiger partial charge in [-0.2, -0.15) is 0 Å². The first kappa shape index (κ1) is 15.8. The maximum atomic E-state index is 12.2. The van der Waals surface area contributed by atoms with E-state index in [1.807, 2.05) is 18.2 Å². The first-order valence-electron chi connectivity index (χ1n) is 7.71. The van der Waals surface area contributed by atoms with Gasteiger partial charge in [0, 0.05) is 17.5 Å². The van der Waals surface area contributed by atoms with E-state index in [1.54, 1.807) is 29.6 Å². The predicted octanol–water partition coefficient (Wildman–Crippen LogP) is 4.25. The van der Waals surface area contributed by atoms with Crippen molar-refractivity contribution in [3.05, 3.63) is 46.7 Å². The van der Waals surface area contributed by atoms with Gasteiger partial charge in [0.1, 0.15) is 5.01 Å². The standard InChI is InChI=1S/C17H16N2O2S3/c1-2-24(20,21)19-8-7-13-10-12(5-6-15(13)19)14-11-23-17(18-14)16-4-3-9-22-16/h3-6,9-11H,2,7-8H2,1H3. The number of sulfonamides is 1. The quantitative estimate of drug-likeness (QED) is 0.684. The maximum absolute atomic E-state index is 12.2.